The molecule has 2 heterocycles. The molecule has 4 aromatic rings. The zero-order valence-electron chi connectivity index (χ0n) is 23.6. The number of alkyl halides is 3. The number of hydrogen-bond donors (Lipinski definition) is 2. The fourth-order valence-electron chi connectivity index (χ4n) is 4.97. The summed E-state index contributed by atoms with van der Waals surface area (Å²) >= 11 is 18.7. The van der Waals surface area contributed by atoms with Gasteiger partial charge >= 0.3 is 0 Å². The van der Waals surface area contributed by atoms with Crippen LogP contribution in [0.1, 0.15) is 41.6 Å². The van der Waals surface area contributed by atoms with Crippen molar-refractivity contribution < 1.29 is 19.4 Å². The summed E-state index contributed by atoms with van der Waals surface area (Å²) in [6.45, 7) is 2.36. The molecule has 1 aromatic heterocycles. The number of thioether (sulfide) groups is 1. The van der Waals surface area contributed by atoms with Crippen LogP contribution < -0.4 is 5.32 Å². The van der Waals surface area contributed by atoms with E-state index >= 15 is 0 Å². The van der Waals surface area contributed by atoms with Crippen molar-refractivity contribution in [1.82, 2.24) is 14.9 Å². The molecule has 1 saturated heterocycles. The number of hydrogen-bond acceptors (Lipinski definition) is 6. The van der Waals surface area contributed by atoms with Gasteiger partial charge in [-0.3, -0.25) is 4.79 Å². The van der Waals surface area contributed by atoms with E-state index < -0.39 is 16.0 Å². The molecule has 226 valence electrons. The SMILES string of the molecule is C[C@H]1[C@@H](CSc2nccn2C)O[C@@H](c2cccc(-c3cccc(CNC(=O)C(Cl)(Cl)Cl)c3)c2)O[C@H]1c1ccc(CO)cc1. The highest BCUT2D eigenvalue weighted by molar-refractivity contribution is 7.99. The molecular formula is C32H32Cl3N3O4S. The van der Waals surface area contributed by atoms with Crippen LogP contribution in [-0.4, -0.2) is 36.2 Å². The molecule has 0 bridgehead atoms. The fourth-order valence-corrected chi connectivity index (χ4v) is 6.26. The van der Waals surface area contributed by atoms with Crippen LogP contribution in [0.3, 0.4) is 0 Å². The fraction of sp³-hybridized carbons (Fsp3) is 0.312. The first-order chi connectivity index (χ1) is 20.6. The zero-order chi connectivity index (χ0) is 30.6. The van der Waals surface area contributed by atoms with E-state index in [2.05, 4.69) is 23.3 Å². The number of aryl methyl sites for hydroxylation is 1. The Kier molecular flexibility index (Phi) is 10.4. The number of ether oxygens (including phenoxy) is 2. The maximum absolute atomic E-state index is 12.0. The van der Waals surface area contributed by atoms with Crippen LogP contribution in [0.5, 0.6) is 0 Å². The normalized spacial score (nSPS) is 20.6. The van der Waals surface area contributed by atoms with Gasteiger partial charge in [0.15, 0.2) is 11.4 Å². The second kappa shape index (κ2) is 14.0. The first-order valence-electron chi connectivity index (χ1n) is 13.8. The van der Waals surface area contributed by atoms with Crippen molar-refractivity contribution in [2.45, 2.75) is 47.5 Å². The van der Waals surface area contributed by atoms with Crippen LogP contribution in [0.25, 0.3) is 11.1 Å². The second-order valence-corrected chi connectivity index (χ2v) is 13.7. The Hall–Kier alpha value is -2.56. The number of aliphatic hydroxyl groups excluding tert-OH is 1. The third-order valence-corrected chi connectivity index (χ3v) is 9.07. The van der Waals surface area contributed by atoms with Crippen molar-refractivity contribution in [3.63, 3.8) is 0 Å². The molecule has 1 aliphatic rings. The molecule has 1 aliphatic heterocycles. The Bertz CT molecular complexity index is 1540. The minimum absolute atomic E-state index is 0.0106. The summed E-state index contributed by atoms with van der Waals surface area (Å²) in [7, 11) is 1.98. The first kappa shape index (κ1) is 31.9. The maximum Gasteiger partial charge on any atom is 0.272 e. The number of carbonyl (C=O) groups excluding carboxylic acids is 1. The van der Waals surface area contributed by atoms with E-state index in [0.717, 1.165) is 38.5 Å². The van der Waals surface area contributed by atoms with E-state index in [1.807, 2.05) is 84.5 Å². The number of benzene rings is 3. The molecule has 0 spiro atoms. The van der Waals surface area contributed by atoms with Gasteiger partial charge in [-0.15, -0.1) is 0 Å². The molecule has 43 heavy (non-hydrogen) atoms. The molecule has 0 radical (unpaired) electrons. The van der Waals surface area contributed by atoms with Crippen molar-refractivity contribution in [1.29, 1.82) is 0 Å². The summed E-state index contributed by atoms with van der Waals surface area (Å²) in [5.41, 5.74) is 5.57. The smallest absolute Gasteiger partial charge is 0.272 e. The molecule has 1 fully saturated rings. The number of rotatable bonds is 9. The number of imidazole rings is 1. The van der Waals surface area contributed by atoms with Crippen LogP contribution in [0.2, 0.25) is 0 Å². The number of carbonyl (C=O) groups is 1. The van der Waals surface area contributed by atoms with Gasteiger partial charge in [0.1, 0.15) is 0 Å². The summed E-state index contributed by atoms with van der Waals surface area (Å²) in [6, 6.07) is 23.8. The highest BCUT2D eigenvalue weighted by atomic mass is 35.6. The monoisotopic (exact) mass is 659 g/mol. The molecule has 0 aliphatic carbocycles. The van der Waals surface area contributed by atoms with Crippen molar-refractivity contribution in [2.24, 2.45) is 13.0 Å². The molecular weight excluding hydrogens is 629 g/mol. The van der Waals surface area contributed by atoms with Gasteiger partial charge < -0.3 is 24.5 Å². The second-order valence-electron chi connectivity index (χ2n) is 10.5. The lowest BCUT2D eigenvalue weighted by Gasteiger charge is -2.41. The Morgan fingerprint density at radius 3 is 2.40 bits per heavy atom. The average Bonchev–Trinajstić information content (AvgIpc) is 3.43. The molecule has 4 atom stereocenters. The summed E-state index contributed by atoms with van der Waals surface area (Å²) in [5.74, 6) is 0.0901. The van der Waals surface area contributed by atoms with Crippen LogP contribution >= 0.6 is 46.6 Å². The summed E-state index contributed by atoms with van der Waals surface area (Å²) in [5, 5.41) is 13.1. The predicted molar refractivity (Wildman–Crippen MR) is 171 cm³/mol. The predicted octanol–water partition coefficient (Wildman–Crippen LogP) is 7.15. The number of nitrogens with one attached hydrogen (secondary N) is 1. The van der Waals surface area contributed by atoms with Gasteiger partial charge in [-0.2, -0.15) is 0 Å². The minimum atomic E-state index is -2.02. The van der Waals surface area contributed by atoms with Gasteiger partial charge in [-0.05, 0) is 39.9 Å². The Labute approximate surface area is 270 Å². The number of aromatic nitrogens is 2. The van der Waals surface area contributed by atoms with Gasteiger partial charge in [0.05, 0.1) is 18.8 Å². The van der Waals surface area contributed by atoms with Crippen molar-refractivity contribution in [3.05, 3.63) is 107 Å². The standard InChI is InChI=1S/C32H32Cl3N3O4S/c1-20-27(19-43-31-36-13-14-38(31)2)41-29(42-28(20)23-11-9-21(18-39)10-12-23)26-8-4-7-25(16-26)24-6-3-5-22(15-24)17-37-30(40)32(33,34)35/h3-16,20,27-29,39H,17-19H2,1-2H3,(H,37,40)/t20-,27+,28+,29+/m0/s1. The molecule has 3 aromatic carbocycles. The number of aliphatic hydroxyl groups is 1. The largest absolute Gasteiger partial charge is 0.392 e. The number of nitrogens with zero attached hydrogens (tertiary/aromatic N) is 2. The molecule has 1 amide bonds. The van der Waals surface area contributed by atoms with E-state index in [1.54, 1.807) is 18.0 Å². The van der Waals surface area contributed by atoms with Gasteiger partial charge in [-0.25, -0.2) is 4.98 Å². The van der Waals surface area contributed by atoms with E-state index in [4.69, 9.17) is 44.3 Å². The molecule has 11 heteroatoms. The molecule has 0 unspecified atom stereocenters. The Morgan fingerprint density at radius 2 is 1.72 bits per heavy atom. The maximum atomic E-state index is 12.0. The highest BCUT2D eigenvalue weighted by Crippen LogP contribution is 2.43. The van der Waals surface area contributed by atoms with Crippen molar-refractivity contribution in [2.75, 3.05) is 5.75 Å². The van der Waals surface area contributed by atoms with Crippen LogP contribution in [-0.2, 0) is 34.5 Å². The summed E-state index contributed by atoms with van der Waals surface area (Å²) < 4.78 is 13.3. The highest BCUT2D eigenvalue weighted by Gasteiger charge is 2.38. The van der Waals surface area contributed by atoms with Gasteiger partial charge in [0, 0.05) is 43.2 Å². The Morgan fingerprint density at radius 1 is 1.00 bits per heavy atom. The molecule has 5 rings (SSSR count). The zero-order valence-corrected chi connectivity index (χ0v) is 26.7. The first-order valence-corrected chi connectivity index (χ1v) is 15.9. The quantitative estimate of drug-likeness (QED) is 0.147. The van der Waals surface area contributed by atoms with Crippen molar-refractivity contribution >= 4 is 52.5 Å². The van der Waals surface area contributed by atoms with Crippen LogP contribution in [0, 0.1) is 5.92 Å². The van der Waals surface area contributed by atoms with Gasteiger partial charge in [0.25, 0.3) is 9.70 Å². The summed E-state index contributed by atoms with van der Waals surface area (Å²) in [6.07, 6.45) is 2.79. The number of halogens is 3. The van der Waals surface area contributed by atoms with E-state index in [-0.39, 0.29) is 31.3 Å². The Balaban J connectivity index is 1.39. The minimum Gasteiger partial charge on any atom is -0.392 e. The molecule has 0 saturated carbocycles. The van der Waals surface area contributed by atoms with E-state index in [9.17, 15) is 9.90 Å². The average molecular weight is 661 g/mol. The van der Waals surface area contributed by atoms with E-state index in [1.165, 1.54) is 0 Å². The summed E-state index contributed by atoms with van der Waals surface area (Å²) in [4.78, 5) is 16.5. The topological polar surface area (TPSA) is 85.6 Å². The lowest BCUT2D eigenvalue weighted by atomic mass is 9.91. The number of amides is 1. The van der Waals surface area contributed by atoms with Crippen LogP contribution in [0.15, 0.2) is 90.3 Å². The van der Waals surface area contributed by atoms with Crippen molar-refractivity contribution in [3.8, 4) is 11.1 Å². The lowest BCUT2D eigenvalue weighted by Crippen LogP contribution is -2.38. The third kappa shape index (κ3) is 7.94. The van der Waals surface area contributed by atoms with E-state index in [0.29, 0.717) is 5.75 Å². The van der Waals surface area contributed by atoms with Gasteiger partial charge in [0.2, 0.25) is 0 Å². The lowest BCUT2D eigenvalue weighted by molar-refractivity contribution is -0.268. The molecule has 7 nitrogen and oxygen atoms in total. The van der Waals surface area contributed by atoms with Crippen LogP contribution in [0.4, 0.5) is 0 Å². The van der Waals surface area contributed by atoms with Gasteiger partial charge in [-0.1, -0.05) is 114 Å². The molecule has 2 N–H and O–H groups in total. The third-order valence-electron chi connectivity index (χ3n) is 7.41.